The van der Waals surface area contributed by atoms with Crippen molar-refractivity contribution < 1.29 is 9.84 Å². The molecule has 1 saturated heterocycles. The van der Waals surface area contributed by atoms with Crippen LogP contribution >= 0.6 is 11.6 Å². The fourth-order valence-corrected chi connectivity index (χ4v) is 2.64. The summed E-state index contributed by atoms with van der Waals surface area (Å²) in [6, 6.07) is 3.95. The van der Waals surface area contributed by atoms with Gasteiger partial charge in [0.2, 0.25) is 0 Å². The Labute approximate surface area is 99.6 Å². The van der Waals surface area contributed by atoms with Gasteiger partial charge in [-0.05, 0) is 17.7 Å². The highest BCUT2D eigenvalue weighted by Gasteiger charge is 2.26. The lowest BCUT2D eigenvalue weighted by Crippen LogP contribution is -2.49. The molecule has 0 aromatic heterocycles. The first kappa shape index (κ1) is 10.4. The summed E-state index contributed by atoms with van der Waals surface area (Å²) in [5, 5.41) is 10.0. The minimum absolute atomic E-state index is 0.159. The summed E-state index contributed by atoms with van der Waals surface area (Å²) in [5.41, 5.74) is 2.36. The topological polar surface area (TPSA) is 32.7 Å². The van der Waals surface area contributed by atoms with Crippen molar-refractivity contribution in [1.29, 1.82) is 0 Å². The molecule has 0 unspecified atom stereocenters. The maximum Gasteiger partial charge on any atom is 0.127 e. The summed E-state index contributed by atoms with van der Waals surface area (Å²) in [5.74, 6) is 1.01. The van der Waals surface area contributed by atoms with E-state index in [1.54, 1.807) is 0 Å². The molecule has 3 rings (SSSR count). The van der Waals surface area contributed by atoms with Crippen LogP contribution in [-0.2, 0) is 13.0 Å². The molecule has 1 aromatic rings. The van der Waals surface area contributed by atoms with Gasteiger partial charge >= 0.3 is 0 Å². The van der Waals surface area contributed by atoms with E-state index in [4.69, 9.17) is 16.3 Å². The summed E-state index contributed by atoms with van der Waals surface area (Å²) < 4.78 is 5.63. The molecule has 1 N–H and O–H groups in total. The van der Waals surface area contributed by atoms with Gasteiger partial charge in [0.1, 0.15) is 5.75 Å². The van der Waals surface area contributed by atoms with Crippen molar-refractivity contribution in [1.82, 2.24) is 4.90 Å². The second kappa shape index (κ2) is 3.91. The number of ether oxygens (including phenoxy) is 1. The average Bonchev–Trinajstić information content (AvgIpc) is 2.62. The molecule has 0 aliphatic carbocycles. The van der Waals surface area contributed by atoms with E-state index in [-0.39, 0.29) is 6.10 Å². The third-order valence-corrected chi connectivity index (χ3v) is 3.38. The van der Waals surface area contributed by atoms with Crippen LogP contribution in [0.2, 0.25) is 5.02 Å². The van der Waals surface area contributed by atoms with Gasteiger partial charge in [0.15, 0.2) is 0 Å². The smallest absolute Gasteiger partial charge is 0.127 e. The van der Waals surface area contributed by atoms with Crippen LogP contribution < -0.4 is 4.74 Å². The molecule has 2 aliphatic heterocycles. The molecule has 0 amide bonds. The van der Waals surface area contributed by atoms with Crippen molar-refractivity contribution in [3.8, 4) is 5.75 Å². The van der Waals surface area contributed by atoms with E-state index < -0.39 is 0 Å². The number of aliphatic hydroxyl groups is 1. The zero-order chi connectivity index (χ0) is 11.1. The maximum atomic E-state index is 9.25. The minimum atomic E-state index is -0.159. The summed E-state index contributed by atoms with van der Waals surface area (Å²) in [6.07, 6.45) is 0.791. The molecular formula is C12H14ClNO2. The summed E-state index contributed by atoms with van der Waals surface area (Å²) in [4.78, 5) is 2.19. The van der Waals surface area contributed by atoms with Crippen LogP contribution in [-0.4, -0.2) is 35.8 Å². The highest BCUT2D eigenvalue weighted by Crippen LogP contribution is 2.34. The highest BCUT2D eigenvalue weighted by molar-refractivity contribution is 6.30. The van der Waals surface area contributed by atoms with Gasteiger partial charge in [0.05, 0.1) is 12.7 Å². The van der Waals surface area contributed by atoms with Crippen molar-refractivity contribution in [2.45, 2.75) is 19.1 Å². The molecule has 1 fully saturated rings. The predicted octanol–water partition coefficient (Wildman–Crippen LogP) is 1.45. The van der Waals surface area contributed by atoms with Gasteiger partial charge in [-0.3, -0.25) is 4.90 Å². The Bertz CT molecular complexity index is 416. The standard InChI is InChI=1S/C12H14ClNO2/c13-10-3-8-1-2-16-12(8)9(4-10)5-14-6-11(15)7-14/h3-4,11,15H,1-2,5-7H2. The van der Waals surface area contributed by atoms with Crippen molar-refractivity contribution in [2.75, 3.05) is 19.7 Å². The lowest BCUT2D eigenvalue weighted by Gasteiger charge is -2.36. The van der Waals surface area contributed by atoms with Crippen LogP contribution in [0.15, 0.2) is 12.1 Å². The molecule has 2 aliphatic rings. The number of aliphatic hydroxyl groups excluding tert-OH is 1. The largest absolute Gasteiger partial charge is 0.493 e. The molecule has 0 radical (unpaired) electrons. The van der Waals surface area contributed by atoms with Gasteiger partial charge in [0.25, 0.3) is 0 Å². The summed E-state index contributed by atoms with van der Waals surface area (Å²) in [6.45, 7) is 3.08. The van der Waals surface area contributed by atoms with Gasteiger partial charge in [-0.1, -0.05) is 11.6 Å². The van der Waals surface area contributed by atoms with Crippen LogP contribution in [0.3, 0.4) is 0 Å². The zero-order valence-electron chi connectivity index (χ0n) is 8.95. The molecule has 3 nitrogen and oxygen atoms in total. The second-order valence-corrected chi connectivity index (χ2v) is 4.94. The third kappa shape index (κ3) is 1.79. The monoisotopic (exact) mass is 239 g/mol. The Morgan fingerprint density at radius 3 is 3.00 bits per heavy atom. The predicted molar refractivity (Wildman–Crippen MR) is 61.9 cm³/mol. The quantitative estimate of drug-likeness (QED) is 0.848. The molecule has 0 saturated carbocycles. The van der Waals surface area contributed by atoms with E-state index in [2.05, 4.69) is 4.90 Å². The minimum Gasteiger partial charge on any atom is -0.493 e. The number of hydrogen-bond acceptors (Lipinski definition) is 3. The van der Waals surface area contributed by atoms with Crippen molar-refractivity contribution >= 4 is 11.6 Å². The Hall–Kier alpha value is -0.770. The first-order valence-corrected chi connectivity index (χ1v) is 5.94. The number of fused-ring (bicyclic) bond motifs is 1. The molecule has 86 valence electrons. The van der Waals surface area contributed by atoms with Crippen LogP contribution in [0, 0.1) is 0 Å². The summed E-state index contributed by atoms with van der Waals surface area (Å²) in [7, 11) is 0. The molecule has 0 atom stereocenters. The normalized spacial score (nSPS) is 20.4. The number of hydrogen-bond donors (Lipinski definition) is 1. The first-order valence-electron chi connectivity index (χ1n) is 5.57. The molecule has 2 heterocycles. The van der Waals surface area contributed by atoms with Crippen molar-refractivity contribution in [3.05, 3.63) is 28.3 Å². The Balaban J connectivity index is 1.83. The average molecular weight is 240 g/mol. The second-order valence-electron chi connectivity index (χ2n) is 4.50. The van der Waals surface area contributed by atoms with Crippen LogP contribution in [0.5, 0.6) is 5.75 Å². The maximum absolute atomic E-state index is 9.25. The Morgan fingerprint density at radius 2 is 2.25 bits per heavy atom. The van der Waals surface area contributed by atoms with E-state index in [9.17, 15) is 5.11 Å². The van der Waals surface area contributed by atoms with E-state index in [0.29, 0.717) is 0 Å². The number of likely N-dealkylation sites (tertiary alicyclic amines) is 1. The van der Waals surface area contributed by atoms with Gasteiger partial charge in [-0.15, -0.1) is 0 Å². The fraction of sp³-hybridized carbons (Fsp3) is 0.500. The van der Waals surface area contributed by atoms with E-state index >= 15 is 0 Å². The van der Waals surface area contributed by atoms with Crippen LogP contribution in [0.25, 0.3) is 0 Å². The fourth-order valence-electron chi connectivity index (χ4n) is 2.38. The van der Waals surface area contributed by atoms with Crippen LogP contribution in [0.4, 0.5) is 0 Å². The van der Waals surface area contributed by atoms with Crippen LogP contribution in [0.1, 0.15) is 11.1 Å². The molecule has 1 aromatic carbocycles. The number of nitrogens with zero attached hydrogens (tertiary/aromatic N) is 1. The lowest BCUT2D eigenvalue weighted by atomic mass is 10.1. The van der Waals surface area contributed by atoms with Gasteiger partial charge in [-0.25, -0.2) is 0 Å². The van der Waals surface area contributed by atoms with Gasteiger partial charge < -0.3 is 9.84 Å². The first-order chi connectivity index (χ1) is 7.72. The van der Waals surface area contributed by atoms with E-state index in [1.807, 2.05) is 12.1 Å². The molecule has 0 bridgehead atoms. The SMILES string of the molecule is OC1CN(Cc2cc(Cl)cc3c2OCC3)C1. The van der Waals surface area contributed by atoms with Crippen molar-refractivity contribution in [3.63, 3.8) is 0 Å². The van der Waals surface area contributed by atoms with E-state index in [0.717, 1.165) is 49.0 Å². The number of benzene rings is 1. The lowest BCUT2D eigenvalue weighted by molar-refractivity contribution is -0.00322. The van der Waals surface area contributed by atoms with E-state index in [1.165, 1.54) is 5.56 Å². The third-order valence-electron chi connectivity index (χ3n) is 3.16. The molecule has 4 heteroatoms. The Kier molecular flexibility index (Phi) is 2.54. The van der Waals surface area contributed by atoms with Gasteiger partial charge in [0, 0.05) is 36.6 Å². The zero-order valence-corrected chi connectivity index (χ0v) is 9.70. The molecule has 16 heavy (non-hydrogen) atoms. The number of β-amino-alcohol motifs (C(OH)–C–C–N with tert-alkyl or cyclic N) is 1. The Morgan fingerprint density at radius 1 is 1.44 bits per heavy atom. The van der Waals surface area contributed by atoms with Gasteiger partial charge in [-0.2, -0.15) is 0 Å². The number of halogens is 1. The molecule has 0 spiro atoms. The number of rotatable bonds is 2. The summed E-state index contributed by atoms with van der Waals surface area (Å²) >= 11 is 6.08. The highest BCUT2D eigenvalue weighted by atomic mass is 35.5. The molecular weight excluding hydrogens is 226 g/mol. The van der Waals surface area contributed by atoms with Crippen molar-refractivity contribution in [2.24, 2.45) is 0 Å².